The summed E-state index contributed by atoms with van der Waals surface area (Å²) in [5, 5.41) is 0. The second kappa shape index (κ2) is 5.30. The third-order valence-electron chi connectivity index (χ3n) is 3.19. The van der Waals surface area contributed by atoms with Gasteiger partial charge in [-0.2, -0.15) is 0 Å². The smallest absolute Gasteiger partial charge is 0.229 e. The van der Waals surface area contributed by atoms with Crippen molar-refractivity contribution in [3.8, 4) is 0 Å². The molecule has 1 heterocycles. The van der Waals surface area contributed by atoms with Crippen LogP contribution in [0.2, 0.25) is 0 Å². The van der Waals surface area contributed by atoms with Crippen molar-refractivity contribution < 1.29 is 17.9 Å². The summed E-state index contributed by atoms with van der Waals surface area (Å²) in [7, 11) is -3.29. The Morgan fingerprint density at radius 2 is 1.95 bits per heavy atom. The molecule has 5 nitrogen and oxygen atoms in total. The van der Waals surface area contributed by atoms with Crippen LogP contribution in [0.4, 0.5) is 5.69 Å². The third kappa shape index (κ3) is 3.54. The molecule has 2 unspecified atom stereocenters. The number of Topliss-reactive ketones (excluding diaryl/α,β-unsaturated/α-hetero) is 1. The van der Waals surface area contributed by atoms with E-state index in [0.29, 0.717) is 17.9 Å². The van der Waals surface area contributed by atoms with E-state index in [-0.39, 0.29) is 17.8 Å². The van der Waals surface area contributed by atoms with E-state index in [1.807, 2.05) is 6.92 Å². The summed E-state index contributed by atoms with van der Waals surface area (Å²) in [6.45, 7) is 2.51. The molecule has 1 N–H and O–H groups in total. The molecule has 1 aromatic carbocycles. The van der Waals surface area contributed by atoms with Crippen LogP contribution in [0.25, 0.3) is 0 Å². The number of carbonyl (C=O) groups excluding carboxylic acids is 1. The second-order valence-corrected chi connectivity index (χ2v) is 6.54. The van der Waals surface area contributed by atoms with E-state index in [9.17, 15) is 13.2 Å². The van der Waals surface area contributed by atoms with E-state index in [1.54, 1.807) is 24.3 Å². The molecule has 0 spiro atoms. The number of anilines is 1. The number of ether oxygens (including phenoxy) is 1. The molecule has 0 amide bonds. The molecule has 1 saturated heterocycles. The molecular weight excluding hydrogens is 266 g/mol. The van der Waals surface area contributed by atoms with Crippen LogP contribution in [-0.4, -0.2) is 33.2 Å². The van der Waals surface area contributed by atoms with Crippen LogP contribution in [0.5, 0.6) is 0 Å². The van der Waals surface area contributed by atoms with Gasteiger partial charge in [-0.05, 0) is 37.6 Å². The summed E-state index contributed by atoms with van der Waals surface area (Å²) in [4.78, 5) is 12.2. The zero-order valence-electron chi connectivity index (χ0n) is 10.9. The van der Waals surface area contributed by atoms with Gasteiger partial charge < -0.3 is 4.74 Å². The van der Waals surface area contributed by atoms with Crippen LogP contribution in [0.3, 0.4) is 0 Å². The topological polar surface area (TPSA) is 72.5 Å². The average Bonchev–Trinajstić information content (AvgIpc) is 2.73. The molecule has 1 aliphatic rings. The fraction of sp³-hybridized carbons (Fsp3) is 0.462. The molecule has 6 heteroatoms. The molecule has 1 fully saturated rings. The van der Waals surface area contributed by atoms with Crippen molar-refractivity contribution in [3.05, 3.63) is 29.8 Å². The van der Waals surface area contributed by atoms with Gasteiger partial charge in [-0.3, -0.25) is 9.52 Å². The van der Waals surface area contributed by atoms with Crippen molar-refractivity contribution in [1.29, 1.82) is 0 Å². The van der Waals surface area contributed by atoms with Gasteiger partial charge in [-0.15, -0.1) is 0 Å². The molecule has 104 valence electrons. The number of rotatable bonds is 4. The Bertz CT molecular complexity index is 565. The van der Waals surface area contributed by atoms with Crippen LogP contribution >= 0.6 is 0 Å². The molecule has 1 aliphatic heterocycles. The zero-order valence-corrected chi connectivity index (χ0v) is 11.7. The summed E-state index contributed by atoms with van der Waals surface area (Å²) < 4.78 is 29.9. The Kier molecular flexibility index (Phi) is 3.91. The van der Waals surface area contributed by atoms with Gasteiger partial charge in [0, 0.05) is 17.9 Å². The SMILES string of the molecule is CC1OCCC1C(=O)c1ccc(NS(C)(=O)=O)cc1. The first-order chi connectivity index (χ1) is 8.87. The molecular formula is C13H17NO4S. The van der Waals surface area contributed by atoms with Crippen molar-refractivity contribution in [3.63, 3.8) is 0 Å². The minimum absolute atomic E-state index is 0.0518. The van der Waals surface area contributed by atoms with Crippen LogP contribution in [0.1, 0.15) is 23.7 Å². The monoisotopic (exact) mass is 283 g/mol. The van der Waals surface area contributed by atoms with Crippen molar-refractivity contribution >= 4 is 21.5 Å². The predicted octanol–water partition coefficient (Wildman–Crippen LogP) is 1.67. The number of hydrogen-bond donors (Lipinski definition) is 1. The van der Waals surface area contributed by atoms with Gasteiger partial charge in [0.1, 0.15) is 0 Å². The fourth-order valence-corrected chi connectivity index (χ4v) is 2.77. The number of carbonyl (C=O) groups is 1. The molecule has 1 aromatic rings. The molecule has 2 atom stereocenters. The lowest BCUT2D eigenvalue weighted by atomic mass is 9.92. The lowest BCUT2D eigenvalue weighted by molar-refractivity contribution is 0.0764. The van der Waals surface area contributed by atoms with Gasteiger partial charge in [0.25, 0.3) is 0 Å². The van der Waals surface area contributed by atoms with Crippen molar-refractivity contribution in [2.75, 3.05) is 17.6 Å². The number of nitrogens with one attached hydrogen (secondary N) is 1. The van der Waals surface area contributed by atoms with E-state index in [0.717, 1.165) is 12.7 Å². The van der Waals surface area contributed by atoms with Gasteiger partial charge in [0.05, 0.1) is 18.3 Å². The van der Waals surface area contributed by atoms with E-state index >= 15 is 0 Å². The van der Waals surface area contributed by atoms with E-state index in [4.69, 9.17) is 4.74 Å². The third-order valence-corrected chi connectivity index (χ3v) is 3.79. The van der Waals surface area contributed by atoms with Crippen LogP contribution in [0.15, 0.2) is 24.3 Å². The minimum Gasteiger partial charge on any atom is -0.378 e. The van der Waals surface area contributed by atoms with E-state index in [1.165, 1.54) is 0 Å². The number of hydrogen-bond acceptors (Lipinski definition) is 4. The van der Waals surface area contributed by atoms with Crippen LogP contribution in [-0.2, 0) is 14.8 Å². The number of benzene rings is 1. The molecule has 0 radical (unpaired) electrons. The van der Waals surface area contributed by atoms with Crippen molar-refractivity contribution in [2.45, 2.75) is 19.4 Å². The molecule has 2 rings (SSSR count). The highest BCUT2D eigenvalue weighted by atomic mass is 32.2. The first-order valence-electron chi connectivity index (χ1n) is 6.10. The second-order valence-electron chi connectivity index (χ2n) is 4.79. The quantitative estimate of drug-likeness (QED) is 0.853. The van der Waals surface area contributed by atoms with Gasteiger partial charge in [-0.1, -0.05) is 0 Å². The van der Waals surface area contributed by atoms with Gasteiger partial charge >= 0.3 is 0 Å². The maximum Gasteiger partial charge on any atom is 0.229 e. The fourth-order valence-electron chi connectivity index (χ4n) is 2.21. The maximum absolute atomic E-state index is 12.2. The number of ketones is 1. The lowest BCUT2D eigenvalue weighted by Gasteiger charge is -2.13. The highest BCUT2D eigenvalue weighted by molar-refractivity contribution is 7.92. The van der Waals surface area contributed by atoms with Crippen molar-refractivity contribution in [2.24, 2.45) is 5.92 Å². The summed E-state index contributed by atoms with van der Waals surface area (Å²) in [5.41, 5.74) is 1.04. The van der Waals surface area contributed by atoms with Crippen LogP contribution < -0.4 is 4.72 Å². The summed E-state index contributed by atoms with van der Waals surface area (Å²) in [6.07, 6.45) is 1.77. The highest BCUT2D eigenvalue weighted by Gasteiger charge is 2.31. The maximum atomic E-state index is 12.2. The first kappa shape index (κ1) is 14.0. The Labute approximate surface area is 113 Å². The first-order valence-corrected chi connectivity index (χ1v) is 7.99. The Balaban J connectivity index is 2.12. The van der Waals surface area contributed by atoms with Crippen molar-refractivity contribution in [1.82, 2.24) is 0 Å². The zero-order chi connectivity index (χ0) is 14.0. The number of sulfonamides is 1. The van der Waals surface area contributed by atoms with Gasteiger partial charge in [0.2, 0.25) is 10.0 Å². The van der Waals surface area contributed by atoms with Gasteiger partial charge in [-0.25, -0.2) is 8.42 Å². The summed E-state index contributed by atoms with van der Waals surface area (Å²) in [5.74, 6) is -0.0513. The Hall–Kier alpha value is -1.40. The Morgan fingerprint density at radius 3 is 2.42 bits per heavy atom. The minimum atomic E-state index is -3.29. The Morgan fingerprint density at radius 1 is 1.32 bits per heavy atom. The van der Waals surface area contributed by atoms with Crippen LogP contribution in [0, 0.1) is 5.92 Å². The lowest BCUT2D eigenvalue weighted by Crippen LogP contribution is -2.21. The normalized spacial score (nSPS) is 23.3. The summed E-state index contributed by atoms with van der Waals surface area (Å²) in [6, 6.07) is 6.46. The standard InChI is InChI=1S/C13H17NO4S/c1-9-12(7-8-18-9)13(15)10-3-5-11(6-4-10)14-19(2,16)17/h3-6,9,12,14H,7-8H2,1-2H3. The molecule has 19 heavy (non-hydrogen) atoms. The van der Waals surface area contributed by atoms with E-state index in [2.05, 4.69) is 4.72 Å². The largest absolute Gasteiger partial charge is 0.378 e. The van der Waals surface area contributed by atoms with Gasteiger partial charge in [0.15, 0.2) is 5.78 Å². The molecule has 0 aliphatic carbocycles. The molecule has 0 saturated carbocycles. The molecule has 0 bridgehead atoms. The summed E-state index contributed by atoms with van der Waals surface area (Å²) >= 11 is 0. The predicted molar refractivity (Wildman–Crippen MR) is 72.8 cm³/mol. The van der Waals surface area contributed by atoms with E-state index < -0.39 is 10.0 Å². The average molecular weight is 283 g/mol. The molecule has 0 aromatic heterocycles. The highest BCUT2D eigenvalue weighted by Crippen LogP contribution is 2.25.